The predicted octanol–water partition coefficient (Wildman–Crippen LogP) is 1.50. The van der Waals surface area contributed by atoms with Gasteiger partial charge in [-0.05, 0) is 31.2 Å². The molecule has 0 saturated heterocycles. The number of rotatable bonds is 3. The van der Waals surface area contributed by atoms with Crippen LogP contribution in [0, 0.1) is 17.2 Å². The molecule has 84 valence electrons. The standard InChI is InChI=1S/C12H15N3O/c1-9(7-13)8-15(2)12(16)10-3-5-11(14)6-4-10/h3-6,9H,8,14H2,1-2H3. The van der Waals surface area contributed by atoms with E-state index < -0.39 is 0 Å². The Morgan fingerprint density at radius 2 is 2.06 bits per heavy atom. The molecule has 0 aromatic heterocycles. The molecule has 0 heterocycles. The van der Waals surface area contributed by atoms with Crippen LogP contribution in [0.4, 0.5) is 5.69 Å². The number of nitrogen functional groups attached to an aromatic ring is 1. The largest absolute Gasteiger partial charge is 0.399 e. The summed E-state index contributed by atoms with van der Waals surface area (Å²) in [6.07, 6.45) is 0. The van der Waals surface area contributed by atoms with E-state index in [4.69, 9.17) is 11.0 Å². The average Bonchev–Trinajstić information content (AvgIpc) is 2.28. The second-order valence-corrected chi connectivity index (χ2v) is 3.84. The topological polar surface area (TPSA) is 70.1 Å². The molecule has 0 spiro atoms. The molecule has 2 N–H and O–H groups in total. The maximum atomic E-state index is 11.9. The smallest absolute Gasteiger partial charge is 0.253 e. The van der Waals surface area contributed by atoms with Gasteiger partial charge < -0.3 is 10.6 Å². The van der Waals surface area contributed by atoms with Crippen LogP contribution in [-0.2, 0) is 0 Å². The molecule has 0 fully saturated rings. The quantitative estimate of drug-likeness (QED) is 0.780. The summed E-state index contributed by atoms with van der Waals surface area (Å²) in [4.78, 5) is 13.4. The number of nitrogens with zero attached hydrogens (tertiary/aromatic N) is 2. The number of carbonyl (C=O) groups is 1. The minimum absolute atomic E-state index is 0.0953. The van der Waals surface area contributed by atoms with Crippen molar-refractivity contribution in [1.82, 2.24) is 4.90 Å². The molecular formula is C12H15N3O. The van der Waals surface area contributed by atoms with Crippen LogP contribution in [0.1, 0.15) is 17.3 Å². The molecule has 0 aliphatic carbocycles. The van der Waals surface area contributed by atoms with E-state index in [-0.39, 0.29) is 11.8 Å². The zero-order valence-corrected chi connectivity index (χ0v) is 9.47. The molecule has 1 atom stereocenters. The maximum Gasteiger partial charge on any atom is 0.253 e. The van der Waals surface area contributed by atoms with E-state index in [2.05, 4.69) is 6.07 Å². The average molecular weight is 217 g/mol. The molecular weight excluding hydrogens is 202 g/mol. The van der Waals surface area contributed by atoms with E-state index >= 15 is 0 Å². The van der Waals surface area contributed by atoms with Gasteiger partial charge >= 0.3 is 0 Å². The van der Waals surface area contributed by atoms with Gasteiger partial charge in [-0.1, -0.05) is 0 Å². The number of anilines is 1. The molecule has 1 unspecified atom stereocenters. The van der Waals surface area contributed by atoms with Crippen LogP contribution >= 0.6 is 0 Å². The summed E-state index contributed by atoms with van der Waals surface area (Å²) in [6.45, 7) is 2.21. The minimum atomic E-state index is -0.164. The number of carbonyl (C=O) groups excluding carboxylic acids is 1. The van der Waals surface area contributed by atoms with Gasteiger partial charge in [0.05, 0.1) is 12.0 Å². The molecule has 1 aromatic carbocycles. The predicted molar refractivity (Wildman–Crippen MR) is 62.6 cm³/mol. The van der Waals surface area contributed by atoms with E-state index in [0.717, 1.165) is 0 Å². The maximum absolute atomic E-state index is 11.9. The first-order valence-electron chi connectivity index (χ1n) is 5.05. The Hall–Kier alpha value is -2.02. The Kier molecular flexibility index (Phi) is 3.90. The molecule has 4 nitrogen and oxygen atoms in total. The van der Waals surface area contributed by atoms with Crippen molar-refractivity contribution in [3.05, 3.63) is 29.8 Å². The molecule has 0 saturated carbocycles. The molecule has 1 amide bonds. The fourth-order valence-electron chi connectivity index (χ4n) is 1.38. The summed E-state index contributed by atoms with van der Waals surface area (Å²) in [7, 11) is 1.69. The Bertz CT molecular complexity index is 405. The van der Waals surface area contributed by atoms with Crippen molar-refractivity contribution in [3.8, 4) is 6.07 Å². The number of hydrogen-bond acceptors (Lipinski definition) is 3. The summed E-state index contributed by atoms with van der Waals surface area (Å²) >= 11 is 0. The number of hydrogen-bond donors (Lipinski definition) is 1. The van der Waals surface area contributed by atoms with Crippen molar-refractivity contribution in [2.45, 2.75) is 6.92 Å². The van der Waals surface area contributed by atoms with E-state index in [1.54, 1.807) is 43.1 Å². The highest BCUT2D eigenvalue weighted by Crippen LogP contribution is 2.09. The Labute approximate surface area is 95.3 Å². The van der Waals surface area contributed by atoms with Crippen molar-refractivity contribution in [2.24, 2.45) is 5.92 Å². The molecule has 0 radical (unpaired) electrons. The Morgan fingerprint density at radius 1 is 1.50 bits per heavy atom. The number of amides is 1. The second-order valence-electron chi connectivity index (χ2n) is 3.84. The van der Waals surface area contributed by atoms with Crippen LogP contribution in [0.15, 0.2) is 24.3 Å². The van der Waals surface area contributed by atoms with E-state index in [9.17, 15) is 4.79 Å². The highest BCUT2D eigenvalue weighted by Gasteiger charge is 2.13. The molecule has 16 heavy (non-hydrogen) atoms. The van der Waals surface area contributed by atoms with Gasteiger partial charge in [0.25, 0.3) is 5.91 Å². The van der Waals surface area contributed by atoms with Crippen LogP contribution in [0.5, 0.6) is 0 Å². The normalized spacial score (nSPS) is 11.6. The third-order valence-electron chi connectivity index (χ3n) is 2.27. The first-order valence-corrected chi connectivity index (χ1v) is 5.05. The molecule has 0 bridgehead atoms. The van der Waals surface area contributed by atoms with Gasteiger partial charge in [0.2, 0.25) is 0 Å². The monoisotopic (exact) mass is 217 g/mol. The van der Waals surface area contributed by atoms with Gasteiger partial charge in [-0.15, -0.1) is 0 Å². The summed E-state index contributed by atoms with van der Waals surface area (Å²) < 4.78 is 0. The summed E-state index contributed by atoms with van der Waals surface area (Å²) in [5, 5.41) is 8.67. The lowest BCUT2D eigenvalue weighted by Crippen LogP contribution is -2.30. The van der Waals surface area contributed by atoms with Crippen molar-refractivity contribution in [1.29, 1.82) is 5.26 Å². The van der Waals surface area contributed by atoms with Crippen molar-refractivity contribution >= 4 is 11.6 Å². The molecule has 1 rings (SSSR count). The third-order valence-corrected chi connectivity index (χ3v) is 2.27. The van der Waals surface area contributed by atoms with Crippen molar-refractivity contribution in [3.63, 3.8) is 0 Å². The van der Waals surface area contributed by atoms with Crippen LogP contribution in [0.2, 0.25) is 0 Å². The second kappa shape index (κ2) is 5.17. The zero-order chi connectivity index (χ0) is 12.1. The molecule has 4 heteroatoms. The van der Waals surface area contributed by atoms with E-state index in [0.29, 0.717) is 17.8 Å². The zero-order valence-electron chi connectivity index (χ0n) is 9.47. The fraction of sp³-hybridized carbons (Fsp3) is 0.333. The van der Waals surface area contributed by atoms with Gasteiger partial charge in [0.15, 0.2) is 0 Å². The van der Waals surface area contributed by atoms with Gasteiger partial charge in [0.1, 0.15) is 0 Å². The summed E-state index contributed by atoms with van der Waals surface area (Å²) in [6, 6.07) is 8.85. The van der Waals surface area contributed by atoms with Crippen LogP contribution < -0.4 is 5.73 Å². The van der Waals surface area contributed by atoms with Crippen LogP contribution in [0.25, 0.3) is 0 Å². The molecule has 0 aliphatic heterocycles. The SMILES string of the molecule is CC(C#N)CN(C)C(=O)c1ccc(N)cc1. The lowest BCUT2D eigenvalue weighted by molar-refractivity contribution is 0.0785. The third kappa shape index (κ3) is 2.99. The van der Waals surface area contributed by atoms with Gasteiger partial charge in [0, 0.05) is 24.8 Å². The minimum Gasteiger partial charge on any atom is -0.399 e. The Morgan fingerprint density at radius 3 is 2.56 bits per heavy atom. The number of nitriles is 1. The lowest BCUT2D eigenvalue weighted by Gasteiger charge is -2.18. The highest BCUT2D eigenvalue weighted by molar-refractivity contribution is 5.94. The van der Waals surface area contributed by atoms with Gasteiger partial charge in [-0.2, -0.15) is 5.26 Å². The van der Waals surface area contributed by atoms with Gasteiger partial charge in [-0.3, -0.25) is 4.79 Å². The Balaban J connectivity index is 2.71. The fourth-order valence-corrected chi connectivity index (χ4v) is 1.38. The summed E-state index contributed by atoms with van der Waals surface area (Å²) in [5.74, 6) is -0.259. The van der Waals surface area contributed by atoms with Crippen LogP contribution in [-0.4, -0.2) is 24.4 Å². The van der Waals surface area contributed by atoms with E-state index in [1.807, 2.05) is 0 Å². The number of nitrogens with two attached hydrogens (primary N) is 1. The molecule has 0 aliphatic rings. The number of benzene rings is 1. The van der Waals surface area contributed by atoms with E-state index in [1.165, 1.54) is 0 Å². The lowest BCUT2D eigenvalue weighted by atomic mass is 10.1. The first kappa shape index (κ1) is 12.1. The van der Waals surface area contributed by atoms with Crippen molar-refractivity contribution < 1.29 is 4.79 Å². The summed E-state index contributed by atoms with van der Waals surface area (Å²) in [5.41, 5.74) is 6.75. The van der Waals surface area contributed by atoms with Crippen LogP contribution in [0.3, 0.4) is 0 Å². The first-order chi connectivity index (χ1) is 7.54. The highest BCUT2D eigenvalue weighted by atomic mass is 16.2. The molecule has 1 aromatic rings. The van der Waals surface area contributed by atoms with Gasteiger partial charge in [-0.25, -0.2) is 0 Å². The van der Waals surface area contributed by atoms with Crippen molar-refractivity contribution in [2.75, 3.05) is 19.3 Å².